The van der Waals surface area contributed by atoms with Gasteiger partial charge in [0, 0.05) is 5.56 Å². The van der Waals surface area contributed by atoms with Gasteiger partial charge < -0.3 is 4.52 Å². The van der Waals surface area contributed by atoms with Gasteiger partial charge in [0.2, 0.25) is 11.7 Å². The highest BCUT2D eigenvalue weighted by atomic mass is 16.5. The lowest BCUT2D eigenvalue weighted by atomic mass is 10.1. The Kier molecular flexibility index (Phi) is 2.60. The molecule has 0 fully saturated rings. The van der Waals surface area contributed by atoms with Crippen molar-refractivity contribution < 1.29 is 4.52 Å². The van der Waals surface area contributed by atoms with E-state index in [1.165, 1.54) is 6.33 Å². The van der Waals surface area contributed by atoms with E-state index in [1.54, 1.807) is 11.0 Å². The first-order valence-electron chi connectivity index (χ1n) is 5.53. The van der Waals surface area contributed by atoms with E-state index in [-0.39, 0.29) is 0 Å². The van der Waals surface area contributed by atoms with Gasteiger partial charge in [-0.25, -0.2) is 9.67 Å². The normalized spacial score (nSPS) is 10.7. The summed E-state index contributed by atoms with van der Waals surface area (Å²) in [4.78, 5) is 8.19. The Bertz CT molecular complexity index is 644. The molecule has 0 unspecified atom stereocenters. The van der Waals surface area contributed by atoms with Crippen molar-refractivity contribution in [2.45, 2.75) is 13.5 Å². The van der Waals surface area contributed by atoms with E-state index in [0.717, 1.165) is 11.1 Å². The fraction of sp³-hybridized carbons (Fsp3) is 0.167. The van der Waals surface area contributed by atoms with E-state index in [4.69, 9.17) is 4.52 Å². The zero-order valence-corrected chi connectivity index (χ0v) is 9.82. The van der Waals surface area contributed by atoms with Gasteiger partial charge in [0.05, 0.1) is 0 Å². The first kappa shape index (κ1) is 10.6. The number of rotatable bonds is 3. The highest BCUT2D eigenvalue weighted by Crippen LogP contribution is 2.17. The van der Waals surface area contributed by atoms with Gasteiger partial charge in [-0.3, -0.25) is 0 Å². The zero-order chi connectivity index (χ0) is 12.4. The molecule has 18 heavy (non-hydrogen) atoms. The number of hydrogen-bond donors (Lipinski definition) is 0. The molecule has 3 rings (SSSR count). The van der Waals surface area contributed by atoms with Crippen LogP contribution in [-0.4, -0.2) is 24.9 Å². The third-order valence-corrected chi connectivity index (χ3v) is 2.51. The molecule has 0 spiro atoms. The molecule has 90 valence electrons. The van der Waals surface area contributed by atoms with Crippen LogP contribution in [0.15, 0.2) is 41.4 Å². The molecule has 0 N–H and O–H groups in total. The third kappa shape index (κ3) is 2.13. The van der Waals surface area contributed by atoms with Crippen molar-refractivity contribution in [1.29, 1.82) is 0 Å². The quantitative estimate of drug-likeness (QED) is 0.697. The fourth-order valence-corrected chi connectivity index (χ4v) is 1.67. The summed E-state index contributed by atoms with van der Waals surface area (Å²) in [6.07, 6.45) is 3.08. The number of benzene rings is 1. The summed E-state index contributed by atoms with van der Waals surface area (Å²) >= 11 is 0. The minimum Gasteiger partial charge on any atom is -0.337 e. The minimum absolute atomic E-state index is 0.429. The second-order valence-electron chi connectivity index (χ2n) is 3.97. The Morgan fingerprint density at radius 2 is 2.28 bits per heavy atom. The monoisotopic (exact) mass is 241 g/mol. The molecule has 0 atom stereocenters. The van der Waals surface area contributed by atoms with Crippen molar-refractivity contribution in [3.63, 3.8) is 0 Å². The lowest BCUT2D eigenvalue weighted by Gasteiger charge is -1.95. The van der Waals surface area contributed by atoms with Crippen LogP contribution in [0.3, 0.4) is 0 Å². The van der Waals surface area contributed by atoms with E-state index in [0.29, 0.717) is 18.3 Å². The first-order valence-corrected chi connectivity index (χ1v) is 5.53. The Labute approximate surface area is 103 Å². The molecule has 6 nitrogen and oxygen atoms in total. The molecule has 0 aliphatic heterocycles. The maximum Gasteiger partial charge on any atom is 0.248 e. The highest BCUT2D eigenvalue weighted by Gasteiger charge is 2.09. The summed E-state index contributed by atoms with van der Waals surface area (Å²) in [7, 11) is 0. The van der Waals surface area contributed by atoms with Crippen molar-refractivity contribution in [2.24, 2.45) is 0 Å². The Hall–Kier alpha value is -2.50. The molecular weight excluding hydrogens is 230 g/mol. The van der Waals surface area contributed by atoms with Crippen molar-refractivity contribution in [2.75, 3.05) is 0 Å². The van der Waals surface area contributed by atoms with Crippen LogP contribution in [0.4, 0.5) is 0 Å². The second kappa shape index (κ2) is 4.40. The molecule has 0 aliphatic carbocycles. The van der Waals surface area contributed by atoms with Crippen molar-refractivity contribution in [1.82, 2.24) is 24.9 Å². The van der Waals surface area contributed by atoms with Crippen LogP contribution in [0.5, 0.6) is 0 Å². The number of nitrogens with zero attached hydrogens (tertiary/aromatic N) is 5. The SMILES string of the molecule is Cc1cccc(-c2noc(Cn3cncn3)n2)c1. The molecule has 3 aromatic rings. The van der Waals surface area contributed by atoms with E-state index >= 15 is 0 Å². The molecule has 0 saturated heterocycles. The molecular formula is C12H11N5O. The molecule has 6 heteroatoms. The van der Waals surface area contributed by atoms with Gasteiger partial charge >= 0.3 is 0 Å². The maximum atomic E-state index is 5.18. The van der Waals surface area contributed by atoms with Gasteiger partial charge in [-0.05, 0) is 13.0 Å². The molecule has 0 bridgehead atoms. The summed E-state index contributed by atoms with van der Waals surface area (Å²) < 4.78 is 6.81. The molecule has 2 aromatic heterocycles. The third-order valence-electron chi connectivity index (χ3n) is 2.51. The number of aromatic nitrogens is 5. The topological polar surface area (TPSA) is 69.6 Å². The highest BCUT2D eigenvalue weighted by molar-refractivity contribution is 5.55. The van der Waals surface area contributed by atoms with Crippen LogP contribution in [0.25, 0.3) is 11.4 Å². The van der Waals surface area contributed by atoms with Crippen LogP contribution in [0.1, 0.15) is 11.5 Å². The Morgan fingerprint density at radius 1 is 1.33 bits per heavy atom. The maximum absolute atomic E-state index is 5.18. The number of hydrogen-bond acceptors (Lipinski definition) is 5. The standard InChI is InChI=1S/C12H11N5O/c1-9-3-2-4-10(5-9)12-15-11(18-16-12)6-17-8-13-7-14-17/h2-5,7-8H,6H2,1H3. The van der Waals surface area contributed by atoms with Crippen molar-refractivity contribution in [3.05, 3.63) is 48.4 Å². The van der Waals surface area contributed by atoms with E-state index in [2.05, 4.69) is 20.2 Å². The average molecular weight is 241 g/mol. The summed E-state index contributed by atoms with van der Waals surface area (Å²) in [6, 6.07) is 7.97. The Balaban J connectivity index is 1.85. The smallest absolute Gasteiger partial charge is 0.248 e. The van der Waals surface area contributed by atoms with Gasteiger partial charge in [-0.2, -0.15) is 10.1 Å². The van der Waals surface area contributed by atoms with Crippen molar-refractivity contribution in [3.8, 4) is 11.4 Å². The van der Waals surface area contributed by atoms with Crippen molar-refractivity contribution >= 4 is 0 Å². The molecule has 0 amide bonds. The lowest BCUT2D eigenvalue weighted by Crippen LogP contribution is -1.99. The predicted octanol–water partition coefficient (Wildman–Crippen LogP) is 1.68. The van der Waals surface area contributed by atoms with Gasteiger partial charge in [-0.1, -0.05) is 28.9 Å². The number of aryl methyl sites for hydroxylation is 1. The zero-order valence-electron chi connectivity index (χ0n) is 9.82. The van der Waals surface area contributed by atoms with E-state index in [9.17, 15) is 0 Å². The fourth-order valence-electron chi connectivity index (χ4n) is 1.67. The molecule has 1 aromatic carbocycles. The van der Waals surface area contributed by atoms with Gasteiger partial charge in [0.1, 0.15) is 19.2 Å². The molecule has 0 saturated carbocycles. The summed E-state index contributed by atoms with van der Waals surface area (Å²) in [6.45, 7) is 2.46. The first-order chi connectivity index (χ1) is 8.81. The van der Waals surface area contributed by atoms with E-state index < -0.39 is 0 Å². The summed E-state index contributed by atoms with van der Waals surface area (Å²) in [5.41, 5.74) is 2.11. The Morgan fingerprint density at radius 3 is 3.06 bits per heavy atom. The summed E-state index contributed by atoms with van der Waals surface area (Å²) in [5, 5.41) is 7.95. The van der Waals surface area contributed by atoms with Gasteiger partial charge in [-0.15, -0.1) is 0 Å². The van der Waals surface area contributed by atoms with Gasteiger partial charge in [0.25, 0.3) is 0 Å². The van der Waals surface area contributed by atoms with E-state index in [1.807, 2.05) is 31.2 Å². The molecule has 2 heterocycles. The predicted molar refractivity (Wildman–Crippen MR) is 63.6 cm³/mol. The molecule has 0 radical (unpaired) electrons. The second-order valence-corrected chi connectivity index (χ2v) is 3.97. The van der Waals surface area contributed by atoms with Crippen LogP contribution < -0.4 is 0 Å². The van der Waals surface area contributed by atoms with Crippen LogP contribution >= 0.6 is 0 Å². The molecule has 0 aliphatic rings. The minimum atomic E-state index is 0.429. The summed E-state index contributed by atoms with van der Waals surface area (Å²) in [5.74, 6) is 1.10. The van der Waals surface area contributed by atoms with Gasteiger partial charge in [0.15, 0.2) is 0 Å². The van der Waals surface area contributed by atoms with Crippen LogP contribution in [0.2, 0.25) is 0 Å². The largest absolute Gasteiger partial charge is 0.337 e. The van der Waals surface area contributed by atoms with Crippen LogP contribution in [0, 0.1) is 6.92 Å². The van der Waals surface area contributed by atoms with Crippen LogP contribution in [-0.2, 0) is 6.54 Å². The average Bonchev–Trinajstić information content (AvgIpc) is 3.01. The lowest BCUT2D eigenvalue weighted by molar-refractivity contribution is 0.366.